The smallest absolute Gasteiger partial charge is 0.224 e. The van der Waals surface area contributed by atoms with Crippen LogP contribution in [0.1, 0.15) is 12.0 Å². The molecule has 1 heterocycles. The Labute approximate surface area is 135 Å². The van der Waals surface area contributed by atoms with Crippen molar-refractivity contribution in [1.82, 2.24) is 0 Å². The Morgan fingerprint density at radius 3 is 2.76 bits per heavy atom. The Bertz CT molecular complexity index is 733. The van der Waals surface area contributed by atoms with Crippen molar-refractivity contribution in [2.24, 2.45) is 0 Å². The maximum Gasteiger partial charge on any atom is 0.224 e. The maximum absolute atomic E-state index is 13.1. The molecule has 0 radical (unpaired) electrons. The van der Waals surface area contributed by atoms with Crippen LogP contribution in [0.4, 0.5) is 27.1 Å². The lowest BCUT2D eigenvalue weighted by Gasteiger charge is -2.20. The highest BCUT2D eigenvalue weighted by Crippen LogP contribution is 2.33. The molecule has 1 aliphatic rings. The van der Waals surface area contributed by atoms with Gasteiger partial charge in [-0.2, -0.15) is 0 Å². The molecule has 2 aromatic rings. The molecule has 108 valence electrons. The van der Waals surface area contributed by atoms with Crippen LogP contribution >= 0.6 is 22.6 Å². The van der Waals surface area contributed by atoms with Gasteiger partial charge in [0.15, 0.2) is 0 Å². The van der Waals surface area contributed by atoms with E-state index >= 15 is 0 Å². The highest BCUT2D eigenvalue weighted by molar-refractivity contribution is 14.1. The first kappa shape index (κ1) is 14.1. The number of nitrogens with two attached hydrogens (primary N) is 1. The molecule has 1 aliphatic heterocycles. The minimum atomic E-state index is -0.282. The normalized spacial score (nSPS) is 13.5. The fourth-order valence-corrected chi connectivity index (χ4v) is 2.90. The maximum atomic E-state index is 13.1. The fraction of sp³-hybridized carbons (Fsp3) is 0.133. The first-order valence-corrected chi connectivity index (χ1v) is 7.55. The van der Waals surface area contributed by atoms with Gasteiger partial charge in [-0.15, -0.1) is 0 Å². The molecule has 0 spiro atoms. The number of hydrogen-bond donors (Lipinski definition) is 3. The van der Waals surface area contributed by atoms with Gasteiger partial charge in [0.1, 0.15) is 5.82 Å². The average molecular weight is 397 g/mol. The highest BCUT2D eigenvalue weighted by atomic mass is 127. The first-order chi connectivity index (χ1) is 10.0. The number of carbonyl (C=O) groups is 1. The van der Waals surface area contributed by atoms with Crippen LogP contribution in [-0.4, -0.2) is 5.91 Å². The van der Waals surface area contributed by atoms with Crippen LogP contribution in [0.25, 0.3) is 0 Å². The van der Waals surface area contributed by atoms with E-state index in [0.29, 0.717) is 24.2 Å². The number of benzene rings is 2. The molecule has 0 atom stereocenters. The number of carbonyl (C=O) groups excluding carboxylic acids is 1. The summed E-state index contributed by atoms with van der Waals surface area (Å²) in [5.41, 5.74) is 9.93. The lowest BCUT2D eigenvalue weighted by atomic mass is 10.0. The second-order valence-corrected chi connectivity index (χ2v) is 6.06. The van der Waals surface area contributed by atoms with Gasteiger partial charge in [-0.05, 0) is 64.9 Å². The number of hydrogen-bond acceptors (Lipinski definition) is 3. The number of fused-ring (bicyclic) bond motifs is 1. The number of nitrogens with one attached hydrogen (secondary N) is 2. The van der Waals surface area contributed by atoms with Gasteiger partial charge in [0.2, 0.25) is 5.91 Å². The summed E-state index contributed by atoms with van der Waals surface area (Å²) in [6, 6.07) is 8.18. The van der Waals surface area contributed by atoms with E-state index < -0.39 is 0 Å². The van der Waals surface area contributed by atoms with Crippen molar-refractivity contribution in [3.8, 4) is 0 Å². The molecule has 0 aromatic heterocycles. The molecule has 0 aliphatic carbocycles. The molecule has 3 rings (SSSR count). The summed E-state index contributed by atoms with van der Waals surface area (Å²) in [7, 11) is 0. The monoisotopic (exact) mass is 397 g/mol. The van der Waals surface area contributed by atoms with Gasteiger partial charge >= 0.3 is 0 Å². The molecule has 0 saturated heterocycles. The summed E-state index contributed by atoms with van der Waals surface area (Å²) < 4.78 is 13.9. The van der Waals surface area contributed by atoms with Gasteiger partial charge in [-0.3, -0.25) is 4.79 Å². The third-order valence-corrected chi connectivity index (χ3v) is 4.26. The van der Waals surface area contributed by atoms with Gasteiger partial charge in [0.25, 0.3) is 0 Å². The van der Waals surface area contributed by atoms with Gasteiger partial charge in [-0.1, -0.05) is 0 Å². The van der Waals surface area contributed by atoms with Crippen molar-refractivity contribution >= 4 is 51.2 Å². The van der Waals surface area contributed by atoms with E-state index in [0.717, 1.165) is 20.5 Å². The molecule has 4 N–H and O–H groups in total. The third kappa shape index (κ3) is 2.94. The second-order valence-electron chi connectivity index (χ2n) is 4.89. The van der Waals surface area contributed by atoms with Crippen molar-refractivity contribution in [2.75, 3.05) is 16.4 Å². The van der Waals surface area contributed by atoms with Crippen LogP contribution in [0.15, 0.2) is 30.3 Å². The van der Waals surface area contributed by atoms with Crippen LogP contribution in [0.3, 0.4) is 0 Å². The Morgan fingerprint density at radius 1 is 1.19 bits per heavy atom. The summed E-state index contributed by atoms with van der Waals surface area (Å²) in [4.78, 5) is 11.5. The van der Waals surface area contributed by atoms with Crippen LogP contribution in [0, 0.1) is 9.39 Å². The number of rotatable bonds is 2. The molecular weight excluding hydrogens is 384 g/mol. The molecule has 0 fully saturated rings. The number of aryl methyl sites for hydroxylation is 1. The second kappa shape index (κ2) is 5.51. The molecule has 1 amide bonds. The molecular formula is C15H13FIN3O. The Balaban J connectivity index is 1.95. The SMILES string of the molecule is Nc1cc2c(cc1Nc1ccc(F)cc1I)NC(=O)CC2. The van der Waals surface area contributed by atoms with Gasteiger partial charge < -0.3 is 16.4 Å². The van der Waals surface area contributed by atoms with E-state index in [4.69, 9.17) is 5.73 Å². The number of amides is 1. The summed E-state index contributed by atoms with van der Waals surface area (Å²) in [6.07, 6.45) is 1.18. The molecule has 2 aromatic carbocycles. The zero-order valence-electron chi connectivity index (χ0n) is 11.0. The average Bonchev–Trinajstić information content (AvgIpc) is 2.43. The molecule has 0 saturated carbocycles. The summed E-state index contributed by atoms with van der Waals surface area (Å²) >= 11 is 2.06. The quantitative estimate of drug-likeness (QED) is 0.536. The van der Waals surface area contributed by atoms with Gasteiger partial charge in [0, 0.05) is 15.7 Å². The van der Waals surface area contributed by atoms with Crippen LogP contribution in [-0.2, 0) is 11.2 Å². The molecule has 21 heavy (non-hydrogen) atoms. The summed E-state index contributed by atoms with van der Waals surface area (Å²) in [6.45, 7) is 0. The van der Waals surface area contributed by atoms with Crippen LogP contribution in [0.5, 0.6) is 0 Å². The van der Waals surface area contributed by atoms with E-state index in [2.05, 4.69) is 33.2 Å². The first-order valence-electron chi connectivity index (χ1n) is 6.47. The minimum absolute atomic E-state index is 0.00887. The summed E-state index contributed by atoms with van der Waals surface area (Å²) in [5.74, 6) is -0.273. The van der Waals surface area contributed by atoms with Crippen molar-refractivity contribution in [2.45, 2.75) is 12.8 Å². The minimum Gasteiger partial charge on any atom is -0.397 e. The van der Waals surface area contributed by atoms with E-state index in [1.807, 2.05) is 12.1 Å². The Morgan fingerprint density at radius 2 is 2.00 bits per heavy atom. The van der Waals surface area contributed by atoms with Gasteiger partial charge in [0.05, 0.1) is 17.1 Å². The van der Waals surface area contributed by atoms with Gasteiger partial charge in [-0.25, -0.2) is 4.39 Å². The van der Waals surface area contributed by atoms with Crippen LogP contribution < -0.4 is 16.4 Å². The van der Waals surface area contributed by atoms with E-state index in [1.165, 1.54) is 12.1 Å². The molecule has 6 heteroatoms. The lowest BCUT2D eigenvalue weighted by Crippen LogP contribution is -2.19. The standard InChI is InChI=1S/C15H13FIN3O/c16-9-2-3-12(10(17)6-9)19-14-7-13-8(5-11(14)18)1-4-15(21)20-13/h2-3,5-7,19H,1,4,18H2,(H,20,21). The highest BCUT2D eigenvalue weighted by Gasteiger charge is 2.17. The number of nitrogen functional groups attached to an aromatic ring is 1. The number of anilines is 4. The molecule has 0 bridgehead atoms. The zero-order chi connectivity index (χ0) is 15.0. The van der Waals surface area contributed by atoms with Crippen molar-refractivity contribution in [3.05, 3.63) is 45.3 Å². The van der Waals surface area contributed by atoms with Crippen molar-refractivity contribution < 1.29 is 9.18 Å². The van der Waals surface area contributed by atoms with Crippen LogP contribution in [0.2, 0.25) is 0 Å². The molecule has 4 nitrogen and oxygen atoms in total. The van der Waals surface area contributed by atoms with E-state index in [1.54, 1.807) is 6.07 Å². The van der Waals surface area contributed by atoms with Crippen molar-refractivity contribution in [1.29, 1.82) is 0 Å². The topological polar surface area (TPSA) is 67.2 Å². The zero-order valence-corrected chi connectivity index (χ0v) is 13.2. The number of halogens is 2. The van der Waals surface area contributed by atoms with E-state index in [-0.39, 0.29) is 11.7 Å². The predicted octanol–water partition coefficient (Wildman–Crippen LogP) is 3.64. The predicted molar refractivity (Wildman–Crippen MR) is 90.2 cm³/mol. The fourth-order valence-electron chi connectivity index (χ4n) is 2.29. The molecule has 0 unspecified atom stereocenters. The lowest BCUT2D eigenvalue weighted by molar-refractivity contribution is -0.116. The largest absolute Gasteiger partial charge is 0.397 e. The summed E-state index contributed by atoms with van der Waals surface area (Å²) in [5, 5.41) is 6.02. The van der Waals surface area contributed by atoms with Crippen molar-refractivity contribution in [3.63, 3.8) is 0 Å². The third-order valence-electron chi connectivity index (χ3n) is 3.37. The van der Waals surface area contributed by atoms with E-state index in [9.17, 15) is 9.18 Å². The Hall–Kier alpha value is -1.83. The Kier molecular flexibility index (Phi) is 3.71.